The van der Waals surface area contributed by atoms with Gasteiger partial charge in [-0.15, -0.1) is 0 Å². The van der Waals surface area contributed by atoms with Gasteiger partial charge in [-0.3, -0.25) is 0 Å². The van der Waals surface area contributed by atoms with Crippen LogP contribution in [-0.4, -0.2) is 45.3 Å². The first-order valence-electron chi connectivity index (χ1n) is 11.3. The zero-order chi connectivity index (χ0) is 25.0. The molecule has 0 spiro atoms. The van der Waals surface area contributed by atoms with E-state index in [1.165, 1.54) is 12.5 Å². The minimum atomic E-state index is -1.51. The van der Waals surface area contributed by atoms with E-state index in [9.17, 15) is 34.5 Å². The van der Waals surface area contributed by atoms with Crippen molar-refractivity contribution in [2.24, 2.45) is 0 Å². The van der Waals surface area contributed by atoms with E-state index in [1.807, 2.05) is 0 Å². The number of aryl methyl sites for hydroxylation is 1. The third-order valence-corrected chi connectivity index (χ3v) is 5.39. The quantitative estimate of drug-likeness (QED) is 0.170. The Hall–Kier alpha value is -3.16. The summed E-state index contributed by atoms with van der Waals surface area (Å²) in [5.41, 5.74) is -0.848. The Bertz CT molecular complexity index is 871. The normalized spacial score (nSPS) is 11.6. The molecule has 0 aromatic heterocycles. The lowest BCUT2D eigenvalue weighted by molar-refractivity contribution is -0.145. The molecule has 0 bridgehead atoms. The number of carboxylic acids is 3. The van der Waals surface area contributed by atoms with E-state index in [-0.39, 0.29) is 29.2 Å². The molecule has 0 amide bonds. The number of benzene rings is 1. The van der Waals surface area contributed by atoms with Crippen molar-refractivity contribution in [2.45, 2.75) is 84.2 Å². The maximum atomic E-state index is 12.0. The first kappa shape index (κ1) is 27.9. The van der Waals surface area contributed by atoms with E-state index in [4.69, 9.17) is 4.74 Å². The van der Waals surface area contributed by atoms with Gasteiger partial charge in [0.05, 0.1) is 16.7 Å². The standard InChI is InChI=1S/C25H34O8/c1-4-5-6-7-8-9-12-19(33-25(32)16(2)3)13-10-11-17-14-18(22(26)27)15-20(23(28)29)21(17)24(30)31/h14-15,19H,2,4-13H2,1,3H3,(H,26,27)(H,28,29)(H,30,31). The number of rotatable bonds is 16. The number of carbonyl (C=O) groups is 4. The van der Waals surface area contributed by atoms with Crippen LogP contribution >= 0.6 is 0 Å². The molecule has 0 aliphatic carbocycles. The van der Waals surface area contributed by atoms with Crippen LogP contribution in [0.5, 0.6) is 0 Å². The van der Waals surface area contributed by atoms with Crippen molar-refractivity contribution in [1.82, 2.24) is 0 Å². The smallest absolute Gasteiger partial charge is 0.336 e. The van der Waals surface area contributed by atoms with Gasteiger partial charge < -0.3 is 20.1 Å². The number of esters is 1. The zero-order valence-electron chi connectivity index (χ0n) is 19.4. The molecule has 1 aromatic carbocycles. The van der Waals surface area contributed by atoms with Crippen molar-refractivity contribution in [3.8, 4) is 0 Å². The number of ether oxygens (including phenoxy) is 1. The summed E-state index contributed by atoms with van der Waals surface area (Å²) in [5, 5.41) is 28.2. The summed E-state index contributed by atoms with van der Waals surface area (Å²) in [7, 11) is 0. The highest BCUT2D eigenvalue weighted by molar-refractivity contribution is 6.05. The summed E-state index contributed by atoms with van der Waals surface area (Å²) in [5.74, 6) is -4.77. The average molecular weight is 463 g/mol. The van der Waals surface area contributed by atoms with Crippen LogP contribution in [0.25, 0.3) is 0 Å². The van der Waals surface area contributed by atoms with Gasteiger partial charge in [0.15, 0.2) is 0 Å². The van der Waals surface area contributed by atoms with E-state index in [2.05, 4.69) is 13.5 Å². The summed E-state index contributed by atoms with van der Waals surface area (Å²) in [4.78, 5) is 46.6. The molecule has 0 aliphatic heterocycles. The molecule has 1 unspecified atom stereocenters. The van der Waals surface area contributed by atoms with Gasteiger partial charge in [-0.05, 0) is 56.7 Å². The zero-order valence-corrected chi connectivity index (χ0v) is 19.4. The molecule has 0 radical (unpaired) electrons. The van der Waals surface area contributed by atoms with E-state index in [0.717, 1.165) is 38.2 Å². The number of hydrogen-bond donors (Lipinski definition) is 3. The van der Waals surface area contributed by atoms with Gasteiger partial charge in [0, 0.05) is 5.57 Å². The third kappa shape index (κ3) is 9.47. The topological polar surface area (TPSA) is 138 Å². The molecule has 8 heteroatoms. The molecular formula is C25H34O8. The largest absolute Gasteiger partial charge is 0.478 e. The van der Waals surface area contributed by atoms with Gasteiger partial charge in [0.25, 0.3) is 0 Å². The minimum Gasteiger partial charge on any atom is -0.478 e. The average Bonchev–Trinajstić information content (AvgIpc) is 2.74. The monoisotopic (exact) mass is 462 g/mol. The molecule has 0 heterocycles. The fourth-order valence-corrected chi connectivity index (χ4v) is 3.63. The van der Waals surface area contributed by atoms with Crippen LogP contribution in [0.2, 0.25) is 0 Å². The van der Waals surface area contributed by atoms with Crippen molar-refractivity contribution in [3.63, 3.8) is 0 Å². The van der Waals surface area contributed by atoms with Crippen LogP contribution < -0.4 is 0 Å². The van der Waals surface area contributed by atoms with Crippen LogP contribution in [-0.2, 0) is 16.0 Å². The lowest BCUT2D eigenvalue weighted by Gasteiger charge is -2.19. The Kier molecular flexibility index (Phi) is 11.9. The minimum absolute atomic E-state index is 0.129. The second-order valence-electron chi connectivity index (χ2n) is 8.23. The number of unbranched alkanes of at least 4 members (excludes halogenated alkanes) is 5. The Morgan fingerprint density at radius 2 is 1.48 bits per heavy atom. The van der Waals surface area contributed by atoms with Crippen molar-refractivity contribution in [3.05, 3.63) is 46.5 Å². The van der Waals surface area contributed by atoms with Crippen LogP contribution in [0.3, 0.4) is 0 Å². The first-order chi connectivity index (χ1) is 15.6. The van der Waals surface area contributed by atoms with Crippen molar-refractivity contribution in [1.29, 1.82) is 0 Å². The highest BCUT2D eigenvalue weighted by Crippen LogP contribution is 2.23. The maximum Gasteiger partial charge on any atom is 0.336 e. The molecule has 1 rings (SSSR count). The lowest BCUT2D eigenvalue weighted by atomic mass is 9.93. The fraction of sp³-hybridized carbons (Fsp3) is 0.520. The number of aromatic carboxylic acids is 3. The summed E-state index contributed by atoms with van der Waals surface area (Å²) < 4.78 is 5.54. The molecule has 0 aliphatic rings. The number of hydrogen-bond acceptors (Lipinski definition) is 5. The summed E-state index contributed by atoms with van der Waals surface area (Å²) in [6, 6.07) is 2.05. The predicted molar refractivity (Wildman–Crippen MR) is 123 cm³/mol. The van der Waals surface area contributed by atoms with Gasteiger partial charge >= 0.3 is 23.9 Å². The Labute approximate surface area is 194 Å². The van der Waals surface area contributed by atoms with Gasteiger partial charge in [-0.2, -0.15) is 0 Å². The van der Waals surface area contributed by atoms with E-state index in [0.29, 0.717) is 19.3 Å². The second kappa shape index (κ2) is 14.1. The molecule has 182 valence electrons. The van der Waals surface area contributed by atoms with Crippen molar-refractivity contribution < 1.29 is 39.2 Å². The number of carbonyl (C=O) groups excluding carboxylic acids is 1. The fourth-order valence-electron chi connectivity index (χ4n) is 3.63. The highest BCUT2D eigenvalue weighted by Gasteiger charge is 2.24. The van der Waals surface area contributed by atoms with Gasteiger partial charge in [0.2, 0.25) is 0 Å². The van der Waals surface area contributed by atoms with E-state index >= 15 is 0 Å². The molecule has 0 saturated carbocycles. The van der Waals surface area contributed by atoms with Crippen LogP contribution in [0.15, 0.2) is 24.3 Å². The number of carboxylic acid groups (broad SMARTS) is 3. The molecule has 1 atom stereocenters. The van der Waals surface area contributed by atoms with E-state index < -0.39 is 35.0 Å². The Balaban J connectivity index is 2.93. The van der Waals surface area contributed by atoms with Crippen molar-refractivity contribution in [2.75, 3.05) is 0 Å². The van der Waals surface area contributed by atoms with Crippen molar-refractivity contribution >= 4 is 23.9 Å². The highest BCUT2D eigenvalue weighted by atomic mass is 16.5. The van der Waals surface area contributed by atoms with Gasteiger partial charge in [-0.25, -0.2) is 19.2 Å². The maximum absolute atomic E-state index is 12.0. The van der Waals surface area contributed by atoms with Crippen LogP contribution in [0.1, 0.15) is 108 Å². The predicted octanol–water partition coefficient (Wildman–Crippen LogP) is 5.34. The first-order valence-corrected chi connectivity index (χ1v) is 11.3. The van der Waals surface area contributed by atoms with Gasteiger partial charge in [0.1, 0.15) is 6.10 Å². The second-order valence-corrected chi connectivity index (χ2v) is 8.23. The molecule has 0 saturated heterocycles. The summed E-state index contributed by atoms with van der Waals surface area (Å²) in [6.07, 6.45) is 7.77. The molecular weight excluding hydrogens is 428 g/mol. The molecule has 8 nitrogen and oxygen atoms in total. The Morgan fingerprint density at radius 1 is 0.879 bits per heavy atom. The molecule has 3 N–H and O–H groups in total. The molecule has 33 heavy (non-hydrogen) atoms. The lowest BCUT2D eigenvalue weighted by Crippen LogP contribution is -2.19. The molecule has 0 fully saturated rings. The van der Waals surface area contributed by atoms with Crippen LogP contribution in [0, 0.1) is 0 Å². The Morgan fingerprint density at radius 3 is 2.03 bits per heavy atom. The SMILES string of the molecule is C=C(C)C(=O)OC(CCCCCCCC)CCCc1cc(C(=O)O)cc(C(=O)O)c1C(=O)O. The summed E-state index contributed by atoms with van der Waals surface area (Å²) in [6.45, 7) is 7.31. The molecule has 1 aromatic rings. The third-order valence-electron chi connectivity index (χ3n) is 5.39. The summed E-state index contributed by atoms with van der Waals surface area (Å²) >= 11 is 0. The van der Waals surface area contributed by atoms with Gasteiger partial charge in [-0.1, -0.05) is 45.6 Å². The van der Waals surface area contributed by atoms with Crippen LogP contribution in [0.4, 0.5) is 0 Å². The van der Waals surface area contributed by atoms with E-state index in [1.54, 1.807) is 6.92 Å².